The van der Waals surface area contributed by atoms with E-state index in [9.17, 15) is 18.0 Å². The number of benzene rings is 2. The minimum atomic E-state index is -4.49. The molecule has 4 nitrogen and oxygen atoms in total. The number of likely N-dealkylation sites (N-methyl/N-ethyl adjacent to an activating group) is 1. The Balaban J connectivity index is 1.92. The van der Waals surface area contributed by atoms with E-state index in [0.29, 0.717) is 12.2 Å². The number of nitrogens with zero attached hydrogens (tertiary/aromatic N) is 2. The number of halogens is 3. The zero-order chi connectivity index (χ0) is 18.6. The number of alkyl halides is 3. The summed E-state index contributed by atoms with van der Waals surface area (Å²) in [5, 5.41) is 0. The van der Waals surface area contributed by atoms with Crippen LogP contribution in [0.5, 0.6) is 11.5 Å². The van der Waals surface area contributed by atoms with Crippen molar-refractivity contribution in [2.75, 3.05) is 19.0 Å². The molecule has 4 rings (SSSR count). The Morgan fingerprint density at radius 2 is 1.85 bits per heavy atom. The van der Waals surface area contributed by atoms with Crippen LogP contribution in [-0.4, -0.2) is 30.9 Å². The van der Waals surface area contributed by atoms with E-state index in [-0.39, 0.29) is 23.4 Å². The molecule has 2 aliphatic heterocycles. The van der Waals surface area contributed by atoms with Gasteiger partial charge < -0.3 is 4.74 Å². The van der Waals surface area contributed by atoms with E-state index in [4.69, 9.17) is 4.74 Å². The van der Waals surface area contributed by atoms with Crippen molar-refractivity contribution in [2.45, 2.75) is 24.7 Å². The maximum Gasteiger partial charge on any atom is 0.416 e. The lowest BCUT2D eigenvalue weighted by molar-refractivity contribution is -0.137. The lowest BCUT2D eigenvalue weighted by Gasteiger charge is -2.24. The van der Waals surface area contributed by atoms with E-state index >= 15 is 0 Å². The fourth-order valence-electron chi connectivity index (χ4n) is 3.65. The highest BCUT2D eigenvalue weighted by Crippen LogP contribution is 2.50. The van der Waals surface area contributed by atoms with Crippen molar-refractivity contribution in [1.29, 1.82) is 0 Å². The maximum absolute atomic E-state index is 13.2. The Bertz CT molecular complexity index is 879. The Labute approximate surface area is 148 Å². The Morgan fingerprint density at radius 1 is 1.12 bits per heavy atom. The van der Waals surface area contributed by atoms with E-state index in [1.165, 1.54) is 11.0 Å². The summed E-state index contributed by atoms with van der Waals surface area (Å²) >= 11 is 0. The average Bonchev–Trinajstić information content (AvgIpc) is 2.85. The largest absolute Gasteiger partial charge is 0.455 e. The van der Waals surface area contributed by atoms with Crippen LogP contribution >= 0.6 is 0 Å². The number of rotatable bonds is 1. The second-order valence-electron chi connectivity index (χ2n) is 6.76. The summed E-state index contributed by atoms with van der Waals surface area (Å²) in [6.07, 6.45) is -4.00. The van der Waals surface area contributed by atoms with Crippen LogP contribution < -0.4 is 9.64 Å². The van der Waals surface area contributed by atoms with Gasteiger partial charge in [-0.1, -0.05) is 18.2 Å². The number of para-hydroxylation sites is 1. The van der Waals surface area contributed by atoms with E-state index in [1.807, 2.05) is 12.1 Å². The summed E-state index contributed by atoms with van der Waals surface area (Å²) in [7, 11) is 3.59. The molecule has 7 heteroatoms. The van der Waals surface area contributed by atoms with Crippen molar-refractivity contribution in [3.05, 3.63) is 53.6 Å². The minimum Gasteiger partial charge on any atom is -0.455 e. The number of fused-ring (bicyclic) bond motifs is 5. The van der Waals surface area contributed by atoms with Crippen LogP contribution in [0, 0.1) is 0 Å². The molecule has 2 unspecified atom stereocenters. The van der Waals surface area contributed by atoms with Crippen LogP contribution in [0.2, 0.25) is 0 Å². The Hall–Kier alpha value is -2.54. The monoisotopic (exact) mass is 362 g/mol. The molecular weight excluding hydrogens is 345 g/mol. The van der Waals surface area contributed by atoms with E-state index < -0.39 is 17.8 Å². The summed E-state index contributed by atoms with van der Waals surface area (Å²) in [6.45, 7) is 0. The molecule has 0 spiro atoms. The number of hydrogen-bond acceptors (Lipinski definition) is 3. The molecule has 0 bridgehead atoms. The molecule has 0 aromatic heterocycles. The van der Waals surface area contributed by atoms with Crippen molar-refractivity contribution in [2.24, 2.45) is 0 Å². The zero-order valence-corrected chi connectivity index (χ0v) is 14.2. The molecule has 2 aromatic carbocycles. The van der Waals surface area contributed by atoms with Gasteiger partial charge in [-0.3, -0.25) is 14.6 Å². The average molecular weight is 362 g/mol. The third-order valence-corrected chi connectivity index (χ3v) is 4.95. The topological polar surface area (TPSA) is 32.8 Å². The van der Waals surface area contributed by atoms with Crippen LogP contribution in [0.3, 0.4) is 0 Å². The second kappa shape index (κ2) is 5.74. The number of ether oxygens (including phenoxy) is 1. The van der Waals surface area contributed by atoms with E-state index in [2.05, 4.69) is 0 Å². The minimum absolute atomic E-state index is 0.162. The molecule has 0 saturated carbocycles. The first-order chi connectivity index (χ1) is 12.3. The van der Waals surface area contributed by atoms with Crippen LogP contribution in [-0.2, 0) is 11.0 Å². The summed E-state index contributed by atoms with van der Waals surface area (Å²) in [6, 6.07) is 9.78. The van der Waals surface area contributed by atoms with Crippen molar-refractivity contribution < 1.29 is 22.7 Å². The molecule has 1 saturated heterocycles. The Morgan fingerprint density at radius 3 is 2.54 bits per heavy atom. The molecule has 2 aliphatic rings. The molecule has 0 aliphatic carbocycles. The fourth-order valence-corrected chi connectivity index (χ4v) is 3.65. The van der Waals surface area contributed by atoms with Gasteiger partial charge in [0.15, 0.2) is 5.75 Å². The molecule has 1 fully saturated rings. The number of hydrogen-bond donors (Lipinski definition) is 0. The number of anilines is 1. The van der Waals surface area contributed by atoms with Gasteiger partial charge in [0.25, 0.3) is 0 Å². The van der Waals surface area contributed by atoms with Gasteiger partial charge in [-0.2, -0.15) is 13.2 Å². The fraction of sp³-hybridized carbons (Fsp3) is 0.316. The maximum atomic E-state index is 13.2. The van der Waals surface area contributed by atoms with Crippen LogP contribution in [0.4, 0.5) is 18.9 Å². The van der Waals surface area contributed by atoms with Crippen LogP contribution in [0.1, 0.15) is 23.6 Å². The van der Waals surface area contributed by atoms with Gasteiger partial charge in [-0.15, -0.1) is 0 Å². The molecule has 0 N–H and O–H groups in total. The zero-order valence-electron chi connectivity index (χ0n) is 14.2. The third-order valence-electron chi connectivity index (χ3n) is 4.95. The molecule has 2 heterocycles. The summed E-state index contributed by atoms with van der Waals surface area (Å²) < 4.78 is 45.5. The normalized spacial score (nSPS) is 21.8. The molecule has 2 aromatic rings. The van der Waals surface area contributed by atoms with E-state index in [1.54, 1.807) is 31.1 Å². The van der Waals surface area contributed by atoms with Gasteiger partial charge in [-0.05, 0) is 44.8 Å². The van der Waals surface area contributed by atoms with Crippen molar-refractivity contribution in [3.63, 3.8) is 0 Å². The van der Waals surface area contributed by atoms with Crippen molar-refractivity contribution in [1.82, 2.24) is 4.90 Å². The molecule has 2 atom stereocenters. The number of amides is 1. The summed E-state index contributed by atoms with van der Waals surface area (Å²) in [5.41, 5.74) is 0.163. The first-order valence-electron chi connectivity index (χ1n) is 8.25. The number of carbonyl (C=O) groups is 1. The SMILES string of the molecule is CN(C)C1CC2c3ccccc3Oc3ccc(C(F)(F)F)cc3N2C1=O. The summed E-state index contributed by atoms with van der Waals surface area (Å²) in [4.78, 5) is 16.3. The van der Waals surface area contributed by atoms with E-state index in [0.717, 1.165) is 17.7 Å². The highest BCUT2D eigenvalue weighted by molar-refractivity contribution is 6.02. The lowest BCUT2D eigenvalue weighted by Crippen LogP contribution is -2.37. The smallest absolute Gasteiger partial charge is 0.416 e. The lowest BCUT2D eigenvalue weighted by atomic mass is 10.0. The quantitative estimate of drug-likeness (QED) is 0.762. The van der Waals surface area contributed by atoms with Crippen LogP contribution in [0.15, 0.2) is 42.5 Å². The third kappa shape index (κ3) is 2.54. The van der Waals surface area contributed by atoms with Gasteiger partial charge in [0.05, 0.1) is 23.3 Å². The first kappa shape index (κ1) is 16.9. The predicted octanol–water partition coefficient (Wildman–Crippen LogP) is 4.22. The molecular formula is C19H17F3N2O2. The molecule has 26 heavy (non-hydrogen) atoms. The molecule has 1 amide bonds. The standard InChI is InChI=1S/C19H17F3N2O2/c1-23(2)15-10-13-12-5-3-4-6-16(12)26-17-8-7-11(19(20,21)22)9-14(17)24(13)18(15)25/h3-9,13,15H,10H2,1-2H3. The summed E-state index contributed by atoms with van der Waals surface area (Å²) in [5.74, 6) is 0.592. The van der Waals surface area contributed by atoms with Gasteiger partial charge in [0, 0.05) is 5.56 Å². The molecule has 136 valence electrons. The van der Waals surface area contributed by atoms with Gasteiger partial charge in [0.2, 0.25) is 5.91 Å². The van der Waals surface area contributed by atoms with Crippen molar-refractivity contribution >= 4 is 11.6 Å². The Kier molecular flexibility index (Phi) is 3.73. The first-order valence-corrected chi connectivity index (χ1v) is 8.25. The van der Waals surface area contributed by atoms with Crippen LogP contribution in [0.25, 0.3) is 0 Å². The highest BCUT2D eigenvalue weighted by atomic mass is 19.4. The molecule has 0 radical (unpaired) electrons. The highest BCUT2D eigenvalue weighted by Gasteiger charge is 2.46. The van der Waals surface area contributed by atoms with Gasteiger partial charge >= 0.3 is 6.18 Å². The van der Waals surface area contributed by atoms with Gasteiger partial charge in [-0.25, -0.2) is 0 Å². The predicted molar refractivity (Wildman–Crippen MR) is 90.3 cm³/mol. The number of carbonyl (C=O) groups excluding carboxylic acids is 1. The van der Waals surface area contributed by atoms with Crippen molar-refractivity contribution in [3.8, 4) is 11.5 Å². The second-order valence-corrected chi connectivity index (χ2v) is 6.76. The van der Waals surface area contributed by atoms with Gasteiger partial charge in [0.1, 0.15) is 5.75 Å².